The first-order valence-electron chi connectivity index (χ1n) is 5.93. The van der Waals surface area contributed by atoms with E-state index in [1.165, 1.54) is 0 Å². The van der Waals surface area contributed by atoms with Crippen LogP contribution in [0, 0.1) is 13.8 Å². The maximum atomic E-state index is 12.3. The zero-order valence-electron chi connectivity index (χ0n) is 10.9. The van der Waals surface area contributed by atoms with Gasteiger partial charge in [0.25, 0.3) is 0 Å². The van der Waals surface area contributed by atoms with Gasteiger partial charge in [-0.05, 0) is 19.9 Å². The molecule has 0 amide bonds. The minimum absolute atomic E-state index is 0.304. The van der Waals surface area contributed by atoms with Gasteiger partial charge in [-0.2, -0.15) is 10.2 Å². The molecule has 98 valence electrons. The molecule has 0 atom stereocenters. The SMILES string of the molecule is Cc1cc(CNc2cnn(CCF)c2C)n(C)n1. The summed E-state index contributed by atoms with van der Waals surface area (Å²) < 4.78 is 15.8. The molecule has 0 spiro atoms. The van der Waals surface area contributed by atoms with Crippen molar-refractivity contribution in [2.45, 2.75) is 26.9 Å². The maximum Gasteiger partial charge on any atom is 0.109 e. The second kappa shape index (κ2) is 5.20. The predicted octanol–water partition coefficient (Wildman–Crippen LogP) is 1.82. The van der Waals surface area contributed by atoms with Crippen molar-refractivity contribution in [3.8, 4) is 0 Å². The van der Waals surface area contributed by atoms with Gasteiger partial charge in [0.05, 0.1) is 42.1 Å². The minimum atomic E-state index is -0.400. The van der Waals surface area contributed by atoms with Crippen LogP contribution in [-0.4, -0.2) is 26.2 Å². The number of aryl methyl sites for hydroxylation is 3. The fourth-order valence-corrected chi connectivity index (χ4v) is 1.94. The first-order valence-corrected chi connectivity index (χ1v) is 5.93. The van der Waals surface area contributed by atoms with E-state index in [4.69, 9.17) is 0 Å². The molecule has 0 saturated heterocycles. The van der Waals surface area contributed by atoms with Gasteiger partial charge >= 0.3 is 0 Å². The molecule has 0 radical (unpaired) electrons. The number of rotatable bonds is 5. The molecule has 1 N–H and O–H groups in total. The lowest BCUT2D eigenvalue weighted by Gasteiger charge is -2.06. The third-order valence-electron chi connectivity index (χ3n) is 2.96. The smallest absolute Gasteiger partial charge is 0.109 e. The van der Waals surface area contributed by atoms with Crippen LogP contribution in [0.3, 0.4) is 0 Å². The van der Waals surface area contributed by atoms with E-state index in [2.05, 4.69) is 15.5 Å². The van der Waals surface area contributed by atoms with Crippen LogP contribution in [0.1, 0.15) is 17.1 Å². The quantitative estimate of drug-likeness (QED) is 0.881. The molecule has 2 aromatic rings. The molecule has 18 heavy (non-hydrogen) atoms. The van der Waals surface area contributed by atoms with Crippen LogP contribution in [0.5, 0.6) is 0 Å². The number of nitrogens with one attached hydrogen (secondary N) is 1. The predicted molar refractivity (Wildman–Crippen MR) is 68.2 cm³/mol. The molecule has 2 rings (SSSR count). The van der Waals surface area contributed by atoms with E-state index in [0.29, 0.717) is 13.1 Å². The Morgan fingerprint density at radius 2 is 2.17 bits per heavy atom. The Labute approximate surface area is 106 Å². The van der Waals surface area contributed by atoms with Crippen LogP contribution in [0.15, 0.2) is 12.3 Å². The Morgan fingerprint density at radius 3 is 2.78 bits per heavy atom. The van der Waals surface area contributed by atoms with Gasteiger partial charge in [0.1, 0.15) is 6.67 Å². The molecule has 0 bridgehead atoms. The van der Waals surface area contributed by atoms with Crippen LogP contribution in [0.4, 0.5) is 10.1 Å². The van der Waals surface area contributed by atoms with E-state index in [1.807, 2.05) is 31.6 Å². The molecule has 6 heteroatoms. The first kappa shape index (κ1) is 12.6. The molecule has 2 aromatic heterocycles. The molecular formula is C12H18FN5. The van der Waals surface area contributed by atoms with E-state index < -0.39 is 6.67 Å². The number of hydrogen-bond acceptors (Lipinski definition) is 3. The lowest BCUT2D eigenvalue weighted by atomic mass is 10.3. The molecule has 0 aromatic carbocycles. The number of hydrogen-bond donors (Lipinski definition) is 1. The van der Waals surface area contributed by atoms with Crippen LogP contribution < -0.4 is 5.32 Å². The van der Waals surface area contributed by atoms with Gasteiger partial charge in [0.15, 0.2) is 0 Å². The summed E-state index contributed by atoms with van der Waals surface area (Å²) in [6, 6.07) is 2.04. The summed E-state index contributed by atoms with van der Waals surface area (Å²) >= 11 is 0. The molecular weight excluding hydrogens is 233 g/mol. The summed E-state index contributed by atoms with van der Waals surface area (Å²) in [6.07, 6.45) is 1.73. The largest absolute Gasteiger partial charge is 0.377 e. The van der Waals surface area contributed by atoms with E-state index in [-0.39, 0.29) is 0 Å². The highest BCUT2D eigenvalue weighted by molar-refractivity contribution is 5.46. The van der Waals surface area contributed by atoms with Gasteiger partial charge in [-0.15, -0.1) is 0 Å². The molecule has 2 heterocycles. The molecule has 0 unspecified atom stereocenters. The van der Waals surface area contributed by atoms with Crippen molar-refractivity contribution in [2.75, 3.05) is 12.0 Å². The van der Waals surface area contributed by atoms with Crippen LogP contribution in [0.25, 0.3) is 0 Å². The topological polar surface area (TPSA) is 47.7 Å². The van der Waals surface area contributed by atoms with Crippen molar-refractivity contribution in [3.05, 3.63) is 29.3 Å². The monoisotopic (exact) mass is 251 g/mol. The van der Waals surface area contributed by atoms with Crippen LogP contribution in [0.2, 0.25) is 0 Å². The van der Waals surface area contributed by atoms with E-state index in [1.54, 1.807) is 10.9 Å². The number of aromatic nitrogens is 4. The second-order valence-corrected chi connectivity index (χ2v) is 4.31. The van der Waals surface area contributed by atoms with E-state index >= 15 is 0 Å². The maximum absolute atomic E-state index is 12.3. The average Bonchev–Trinajstić information content (AvgIpc) is 2.82. The Morgan fingerprint density at radius 1 is 1.39 bits per heavy atom. The molecule has 5 nitrogen and oxygen atoms in total. The fraction of sp³-hybridized carbons (Fsp3) is 0.500. The molecule has 0 aliphatic carbocycles. The molecule has 0 aliphatic rings. The summed E-state index contributed by atoms with van der Waals surface area (Å²) in [5.41, 5.74) is 3.98. The van der Waals surface area contributed by atoms with Crippen molar-refractivity contribution in [3.63, 3.8) is 0 Å². The minimum Gasteiger partial charge on any atom is -0.377 e. The molecule has 0 fully saturated rings. The van der Waals surface area contributed by atoms with Crippen molar-refractivity contribution in [1.82, 2.24) is 19.6 Å². The van der Waals surface area contributed by atoms with Crippen LogP contribution in [-0.2, 0) is 20.1 Å². The average molecular weight is 251 g/mol. The number of anilines is 1. The van der Waals surface area contributed by atoms with E-state index in [9.17, 15) is 4.39 Å². The van der Waals surface area contributed by atoms with Crippen molar-refractivity contribution < 1.29 is 4.39 Å². The lowest BCUT2D eigenvalue weighted by Crippen LogP contribution is -2.07. The molecule has 0 saturated carbocycles. The molecule has 0 aliphatic heterocycles. The summed E-state index contributed by atoms with van der Waals surface area (Å²) in [5, 5.41) is 11.7. The Hall–Kier alpha value is -1.85. The van der Waals surface area contributed by atoms with Crippen LogP contribution >= 0.6 is 0 Å². The number of alkyl halides is 1. The normalized spacial score (nSPS) is 10.9. The Bertz CT molecular complexity index is 529. The van der Waals surface area contributed by atoms with Crippen molar-refractivity contribution in [2.24, 2.45) is 7.05 Å². The van der Waals surface area contributed by atoms with Gasteiger partial charge in [0.2, 0.25) is 0 Å². The Kier molecular flexibility index (Phi) is 3.64. The summed E-state index contributed by atoms with van der Waals surface area (Å²) in [6.45, 7) is 4.48. The van der Waals surface area contributed by atoms with Gasteiger partial charge < -0.3 is 5.32 Å². The van der Waals surface area contributed by atoms with Gasteiger partial charge in [-0.25, -0.2) is 4.39 Å². The lowest BCUT2D eigenvalue weighted by molar-refractivity contribution is 0.423. The number of nitrogens with zero attached hydrogens (tertiary/aromatic N) is 4. The highest BCUT2D eigenvalue weighted by Gasteiger charge is 2.07. The fourth-order valence-electron chi connectivity index (χ4n) is 1.94. The number of halogens is 1. The van der Waals surface area contributed by atoms with Gasteiger partial charge in [-0.1, -0.05) is 0 Å². The summed E-state index contributed by atoms with van der Waals surface area (Å²) in [4.78, 5) is 0. The Balaban J connectivity index is 2.04. The summed E-state index contributed by atoms with van der Waals surface area (Å²) in [5.74, 6) is 0. The third-order valence-corrected chi connectivity index (χ3v) is 2.96. The zero-order valence-corrected chi connectivity index (χ0v) is 10.9. The van der Waals surface area contributed by atoms with Crippen molar-refractivity contribution >= 4 is 5.69 Å². The van der Waals surface area contributed by atoms with Crippen molar-refractivity contribution in [1.29, 1.82) is 0 Å². The highest BCUT2D eigenvalue weighted by atomic mass is 19.1. The second-order valence-electron chi connectivity index (χ2n) is 4.31. The van der Waals surface area contributed by atoms with Gasteiger partial charge in [-0.3, -0.25) is 9.36 Å². The first-order chi connectivity index (χ1) is 8.61. The standard InChI is InChI=1S/C12H18FN5/c1-9-6-11(17(3)16-9)7-14-12-8-15-18(5-4-13)10(12)2/h6,8,14H,4-5,7H2,1-3H3. The third kappa shape index (κ3) is 2.52. The van der Waals surface area contributed by atoms with E-state index in [0.717, 1.165) is 22.8 Å². The summed E-state index contributed by atoms with van der Waals surface area (Å²) in [7, 11) is 1.92. The van der Waals surface area contributed by atoms with Gasteiger partial charge in [0, 0.05) is 7.05 Å². The zero-order chi connectivity index (χ0) is 13.1. The highest BCUT2D eigenvalue weighted by Crippen LogP contribution is 2.15.